The van der Waals surface area contributed by atoms with Gasteiger partial charge in [0.1, 0.15) is 11.5 Å². The molecule has 0 atom stereocenters. The summed E-state index contributed by atoms with van der Waals surface area (Å²) in [6, 6.07) is 15.3. The maximum Gasteiger partial charge on any atom is 0.363 e. The monoisotopic (exact) mass is 258 g/mol. The Morgan fingerprint density at radius 2 is 1.06 bits per heavy atom. The molecule has 0 aromatic heterocycles. The number of thiocarbonyl (C=S) groups is 1. The minimum atomic E-state index is 0.0997. The van der Waals surface area contributed by atoms with Crippen LogP contribution in [0.2, 0.25) is 0 Å². The molecule has 0 amide bonds. The first-order chi connectivity index (χ1) is 8.63. The smallest absolute Gasteiger partial charge is 0.363 e. The predicted molar refractivity (Wildman–Crippen MR) is 76.2 cm³/mol. The van der Waals surface area contributed by atoms with Crippen LogP contribution in [0, 0.1) is 13.8 Å². The molecule has 0 aliphatic heterocycles. The second kappa shape index (κ2) is 5.65. The van der Waals surface area contributed by atoms with Crippen LogP contribution < -0.4 is 9.47 Å². The zero-order chi connectivity index (χ0) is 13.0. The molecule has 0 N–H and O–H groups in total. The summed E-state index contributed by atoms with van der Waals surface area (Å²) in [5.74, 6) is 1.36. The van der Waals surface area contributed by atoms with E-state index >= 15 is 0 Å². The van der Waals surface area contributed by atoms with Gasteiger partial charge in [0.05, 0.1) is 0 Å². The van der Waals surface area contributed by atoms with Crippen LogP contribution >= 0.6 is 12.2 Å². The van der Waals surface area contributed by atoms with E-state index in [0.717, 1.165) is 0 Å². The minimum Gasteiger partial charge on any atom is -0.417 e. The molecule has 0 radical (unpaired) electrons. The van der Waals surface area contributed by atoms with Gasteiger partial charge in [-0.05, 0) is 38.1 Å². The largest absolute Gasteiger partial charge is 0.417 e. The first kappa shape index (κ1) is 12.6. The first-order valence-corrected chi connectivity index (χ1v) is 6.07. The first-order valence-electron chi connectivity index (χ1n) is 5.66. The molecule has 2 aromatic rings. The summed E-state index contributed by atoms with van der Waals surface area (Å²) in [6.07, 6.45) is 0. The van der Waals surface area contributed by atoms with Crippen molar-refractivity contribution in [3.05, 3.63) is 59.7 Å². The van der Waals surface area contributed by atoms with Crippen LogP contribution in [0.25, 0.3) is 0 Å². The third-order valence-electron chi connectivity index (χ3n) is 2.44. The van der Waals surface area contributed by atoms with E-state index in [1.807, 2.05) is 62.4 Å². The highest BCUT2D eigenvalue weighted by Crippen LogP contribution is 2.15. The van der Waals surface area contributed by atoms with Gasteiger partial charge in [-0.1, -0.05) is 35.4 Å². The molecule has 0 aliphatic rings. The SMILES string of the molecule is Cc1ccc(OC(=S)Oc2ccc(C)cc2)cc1. The van der Waals surface area contributed by atoms with Crippen molar-refractivity contribution in [1.82, 2.24) is 0 Å². The zero-order valence-corrected chi connectivity index (χ0v) is 11.2. The molecule has 0 fully saturated rings. The van der Waals surface area contributed by atoms with E-state index in [9.17, 15) is 0 Å². The van der Waals surface area contributed by atoms with Gasteiger partial charge in [0.2, 0.25) is 0 Å². The molecule has 2 rings (SSSR count). The van der Waals surface area contributed by atoms with Gasteiger partial charge in [-0.3, -0.25) is 0 Å². The summed E-state index contributed by atoms with van der Waals surface area (Å²) in [4.78, 5) is 0. The average molecular weight is 258 g/mol. The van der Waals surface area contributed by atoms with Crippen molar-refractivity contribution < 1.29 is 9.47 Å². The third kappa shape index (κ3) is 3.57. The van der Waals surface area contributed by atoms with Gasteiger partial charge < -0.3 is 9.47 Å². The Hall–Kier alpha value is -1.87. The van der Waals surface area contributed by atoms with E-state index in [0.29, 0.717) is 11.5 Å². The van der Waals surface area contributed by atoms with Gasteiger partial charge in [0.25, 0.3) is 0 Å². The average Bonchev–Trinajstić information content (AvgIpc) is 2.35. The van der Waals surface area contributed by atoms with Gasteiger partial charge in [0, 0.05) is 12.2 Å². The van der Waals surface area contributed by atoms with Crippen molar-refractivity contribution in [1.29, 1.82) is 0 Å². The van der Waals surface area contributed by atoms with Crippen LogP contribution in [0.1, 0.15) is 11.1 Å². The maximum atomic E-state index is 5.41. The van der Waals surface area contributed by atoms with Gasteiger partial charge >= 0.3 is 5.24 Å². The van der Waals surface area contributed by atoms with Crippen molar-refractivity contribution in [2.24, 2.45) is 0 Å². The highest BCUT2D eigenvalue weighted by molar-refractivity contribution is 7.79. The molecule has 0 spiro atoms. The summed E-state index contributed by atoms with van der Waals surface area (Å²) in [5, 5.41) is 0.0997. The van der Waals surface area contributed by atoms with Crippen LogP contribution in [-0.4, -0.2) is 5.24 Å². The van der Waals surface area contributed by atoms with E-state index < -0.39 is 0 Å². The molecule has 18 heavy (non-hydrogen) atoms. The molecule has 0 heterocycles. The van der Waals surface area contributed by atoms with E-state index in [1.54, 1.807) is 0 Å². The van der Waals surface area contributed by atoms with Crippen LogP contribution in [-0.2, 0) is 0 Å². The summed E-state index contributed by atoms with van der Waals surface area (Å²) < 4.78 is 10.8. The van der Waals surface area contributed by atoms with Gasteiger partial charge in [-0.2, -0.15) is 0 Å². The molecule has 0 unspecified atom stereocenters. The summed E-state index contributed by atoms with van der Waals surface area (Å²) in [6.45, 7) is 4.04. The van der Waals surface area contributed by atoms with E-state index in [-0.39, 0.29) is 5.24 Å². The number of rotatable bonds is 2. The third-order valence-corrected chi connectivity index (χ3v) is 2.61. The lowest BCUT2D eigenvalue weighted by molar-refractivity contribution is 0.403. The van der Waals surface area contributed by atoms with Gasteiger partial charge in [-0.25, -0.2) is 0 Å². The lowest BCUT2D eigenvalue weighted by Crippen LogP contribution is -2.13. The Labute approximate surface area is 112 Å². The molecule has 2 aromatic carbocycles. The maximum absolute atomic E-state index is 5.41. The summed E-state index contributed by atoms with van der Waals surface area (Å²) in [5.41, 5.74) is 2.35. The Bertz CT molecular complexity index is 480. The normalized spacial score (nSPS) is 9.89. The fourth-order valence-electron chi connectivity index (χ4n) is 1.43. The number of ether oxygens (including phenoxy) is 2. The fraction of sp³-hybridized carbons (Fsp3) is 0.133. The molecular weight excluding hydrogens is 244 g/mol. The Balaban J connectivity index is 1.96. The van der Waals surface area contributed by atoms with Crippen molar-refractivity contribution >= 4 is 17.5 Å². The molecule has 0 aliphatic carbocycles. The molecular formula is C15H14O2S. The number of aryl methyl sites for hydroxylation is 2. The molecule has 3 heteroatoms. The van der Waals surface area contributed by atoms with Gasteiger partial charge in [0.15, 0.2) is 0 Å². The summed E-state index contributed by atoms with van der Waals surface area (Å²) in [7, 11) is 0. The lowest BCUT2D eigenvalue weighted by atomic mass is 10.2. The lowest BCUT2D eigenvalue weighted by Gasteiger charge is -2.08. The number of hydrogen-bond acceptors (Lipinski definition) is 3. The standard InChI is InChI=1S/C15H14O2S/c1-11-3-7-13(8-4-11)16-15(18)17-14-9-5-12(2)6-10-14/h3-10H,1-2H3. The fourth-order valence-corrected chi connectivity index (χ4v) is 1.62. The van der Waals surface area contributed by atoms with Crippen molar-refractivity contribution in [3.8, 4) is 11.5 Å². The molecule has 92 valence electrons. The molecule has 0 saturated heterocycles. The van der Waals surface area contributed by atoms with Crippen LogP contribution in [0.4, 0.5) is 0 Å². The summed E-state index contributed by atoms with van der Waals surface area (Å²) >= 11 is 5.04. The molecule has 0 bridgehead atoms. The molecule has 0 saturated carbocycles. The number of benzene rings is 2. The van der Waals surface area contributed by atoms with Gasteiger partial charge in [-0.15, -0.1) is 0 Å². The highest BCUT2D eigenvalue weighted by Gasteiger charge is 2.03. The second-order valence-corrected chi connectivity index (χ2v) is 4.41. The molecule has 2 nitrogen and oxygen atoms in total. The Morgan fingerprint density at radius 1 is 0.722 bits per heavy atom. The van der Waals surface area contributed by atoms with Crippen LogP contribution in [0.15, 0.2) is 48.5 Å². The van der Waals surface area contributed by atoms with Crippen molar-refractivity contribution in [2.75, 3.05) is 0 Å². The topological polar surface area (TPSA) is 18.5 Å². The highest BCUT2D eigenvalue weighted by atomic mass is 32.1. The Morgan fingerprint density at radius 3 is 1.39 bits per heavy atom. The van der Waals surface area contributed by atoms with Crippen LogP contribution in [0.5, 0.6) is 11.5 Å². The van der Waals surface area contributed by atoms with Crippen LogP contribution in [0.3, 0.4) is 0 Å². The second-order valence-electron chi connectivity index (χ2n) is 4.08. The van der Waals surface area contributed by atoms with E-state index in [1.165, 1.54) is 11.1 Å². The van der Waals surface area contributed by atoms with E-state index in [2.05, 4.69) is 0 Å². The number of hydrogen-bond donors (Lipinski definition) is 0. The van der Waals surface area contributed by atoms with Crippen molar-refractivity contribution in [3.63, 3.8) is 0 Å². The Kier molecular flexibility index (Phi) is 3.95. The quantitative estimate of drug-likeness (QED) is 0.757. The predicted octanol–water partition coefficient (Wildman–Crippen LogP) is 4.05. The van der Waals surface area contributed by atoms with Crippen molar-refractivity contribution in [2.45, 2.75) is 13.8 Å². The van der Waals surface area contributed by atoms with E-state index in [4.69, 9.17) is 21.7 Å². The minimum absolute atomic E-state index is 0.0997. The zero-order valence-electron chi connectivity index (χ0n) is 10.3.